The fraction of sp³-hybridized carbons (Fsp3) is 0.125. The predicted octanol–water partition coefficient (Wildman–Crippen LogP) is 3.69. The number of halogens is 1. The van der Waals surface area contributed by atoms with Crippen molar-refractivity contribution in [1.29, 1.82) is 0 Å². The van der Waals surface area contributed by atoms with Gasteiger partial charge in [-0.3, -0.25) is 9.36 Å². The Morgan fingerprint density at radius 2 is 2.00 bits per heavy atom. The molecule has 0 unspecified atom stereocenters. The molecule has 1 aliphatic heterocycles. The van der Waals surface area contributed by atoms with Crippen molar-refractivity contribution < 1.29 is 0 Å². The summed E-state index contributed by atoms with van der Waals surface area (Å²) in [5.74, 6) is 0.958. The van der Waals surface area contributed by atoms with Crippen LogP contribution in [0.4, 0.5) is 0 Å². The minimum Gasteiger partial charge on any atom is -0.269 e. The Morgan fingerprint density at radius 3 is 2.81 bits per heavy atom. The molecule has 1 aromatic carbocycles. The number of nitrogens with zero attached hydrogens (tertiary/aromatic N) is 2. The van der Waals surface area contributed by atoms with Gasteiger partial charge in [0, 0.05) is 32.8 Å². The largest absolute Gasteiger partial charge is 0.269 e. The predicted molar refractivity (Wildman–Crippen MR) is 86.8 cm³/mol. The minimum absolute atomic E-state index is 0.0310. The van der Waals surface area contributed by atoms with Crippen molar-refractivity contribution in [2.24, 2.45) is 0 Å². The van der Waals surface area contributed by atoms with Crippen molar-refractivity contribution in [2.75, 3.05) is 5.75 Å². The topological polar surface area (TPSA) is 34.9 Å². The van der Waals surface area contributed by atoms with Crippen molar-refractivity contribution in [1.82, 2.24) is 9.55 Å². The molecule has 3 heterocycles. The van der Waals surface area contributed by atoms with Gasteiger partial charge in [0.1, 0.15) is 5.65 Å². The zero-order chi connectivity index (χ0) is 14.4. The van der Waals surface area contributed by atoms with Crippen LogP contribution in [0.5, 0.6) is 0 Å². The van der Waals surface area contributed by atoms with Crippen LogP contribution in [0, 0.1) is 0 Å². The molecule has 0 aliphatic carbocycles. The normalized spacial score (nSPS) is 13.6. The molecule has 1 aliphatic rings. The van der Waals surface area contributed by atoms with Crippen molar-refractivity contribution in [3.05, 3.63) is 63.5 Å². The van der Waals surface area contributed by atoms with Crippen LogP contribution < -0.4 is 5.56 Å². The molecule has 0 atom stereocenters. The molecule has 0 bridgehead atoms. The Hall–Kier alpha value is -1.78. The van der Waals surface area contributed by atoms with Crippen molar-refractivity contribution in [2.45, 2.75) is 11.3 Å². The summed E-state index contributed by atoms with van der Waals surface area (Å²) in [6.07, 6.45) is 2.54. The number of fused-ring (bicyclic) bond motifs is 3. The van der Waals surface area contributed by atoms with E-state index in [9.17, 15) is 4.79 Å². The first-order valence-electron chi connectivity index (χ1n) is 6.67. The highest BCUT2D eigenvalue weighted by molar-refractivity contribution is 7.99. The fourth-order valence-corrected chi connectivity index (χ4v) is 4.03. The van der Waals surface area contributed by atoms with Crippen molar-refractivity contribution in [3.8, 4) is 5.69 Å². The summed E-state index contributed by atoms with van der Waals surface area (Å²) < 4.78 is 1.69. The van der Waals surface area contributed by atoms with Crippen LogP contribution >= 0.6 is 23.4 Å². The number of aromatic nitrogens is 2. The first-order chi connectivity index (χ1) is 10.3. The van der Waals surface area contributed by atoms with E-state index in [0.29, 0.717) is 10.7 Å². The summed E-state index contributed by atoms with van der Waals surface area (Å²) in [6.45, 7) is 0. The molecule has 0 spiro atoms. The fourth-order valence-electron chi connectivity index (χ4n) is 2.71. The number of rotatable bonds is 1. The summed E-state index contributed by atoms with van der Waals surface area (Å²) >= 11 is 7.69. The highest BCUT2D eigenvalue weighted by Gasteiger charge is 2.22. The van der Waals surface area contributed by atoms with Gasteiger partial charge in [-0.1, -0.05) is 11.6 Å². The smallest absolute Gasteiger partial charge is 0.261 e. The first kappa shape index (κ1) is 12.9. The molecule has 0 saturated heterocycles. The number of benzene rings is 1. The second-order valence-corrected chi connectivity index (χ2v) is 6.44. The Labute approximate surface area is 130 Å². The average molecular weight is 315 g/mol. The van der Waals surface area contributed by atoms with Gasteiger partial charge < -0.3 is 0 Å². The molecule has 5 heteroatoms. The minimum atomic E-state index is 0.0310. The molecular weight excluding hydrogens is 304 g/mol. The lowest BCUT2D eigenvalue weighted by Gasteiger charge is -2.12. The van der Waals surface area contributed by atoms with Gasteiger partial charge >= 0.3 is 0 Å². The maximum atomic E-state index is 12.8. The van der Waals surface area contributed by atoms with Crippen LogP contribution in [-0.2, 0) is 6.42 Å². The quantitative estimate of drug-likeness (QED) is 0.687. The van der Waals surface area contributed by atoms with E-state index in [1.54, 1.807) is 34.7 Å². The molecule has 3 nitrogen and oxygen atoms in total. The summed E-state index contributed by atoms with van der Waals surface area (Å²) in [5, 5.41) is 1.70. The van der Waals surface area contributed by atoms with Gasteiger partial charge in [0.05, 0.1) is 5.69 Å². The SMILES string of the molecule is O=c1c2c(c3cccnc3n1-c1ccc(Cl)cc1)SCC2. The van der Waals surface area contributed by atoms with E-state index in [1.807, 2.05) is 24.3 Å². The number of hydrogen-bond donors (Lipinski definition) is 0. The van der Waals surface area contributed by atoms with E-state index in [1.165, 1.54) is 0 Å². The zero-order valence-electron chi connectivity index (χ0n) is 11.0. The summed E-state index contributed by atoms with van der Waals surface area (Å²) in [4.78, 5) is 18.4. The lowest BCUT2D eigenvalue weighted by atomic mass is 10.1. The second kappa shape index (κ2) is 4.90. The number of thioether (sulfide) groups is 1. The van der Waals surface area contributed by atoms with Crippen molar-refractivity contribution in [3.63, 3.8) is 0 Å². The first-order valence-corrected chi connectivity index (χ1v) is 8.03. The van der Waals surface area contributed by atoms with E-state index in [4.69, 9.17) is 11.6 Å². The van der Waals surface area contributed by atoms with Gasteiger partial charge in [-0.2, -0.15) is 0 Å². The molecular formula is C16H11ClN2OS. The zero-order valence-corrected chi connectivity index (χ0v) is 12.6. The Balaban J connectivity index is 2.14. The molecule has 3 aromatic rings. The number of pyridine rings is 2. The molecule has 104 valence electrons. The van der Waals surface area contributed by atoms with E-state index >= 15 is 0 Å². The molecule has 21 heavy (non-hydrogen) atoms. The third-order valence-electron chi connectivity index (χ3n) is 3.66. The molecule has 4 rings (SSSR count). The molecule has 0 fully saturated rings. The summed E-state index contributed by atoms with van der Waals surface area (Å²) in [6, 6.07) is 11.2. The maximum Gasteiger partial charge on any atom is 0.261 e. The van der Waals surface area contributed by atoms with Gasteiger partial charge in [0.25, 0.3) is 5.56 Å². The van der Waals surface area contributed by atoms with Crippen molar-refractivity contribution >= 4 is 34.4 Å². The average Bonchev–Trinajstić information content (AvgIpc) is 2.99. The van der Waals surface area contributed by atoms with E-state index in [2.05, 4.69) is 4.98 Å². The van der Waals surface area contributed by atoms with Gasteiger partial charge in [0.15, 0.2) is 0 Å². The molecule has 0 saturated carbocycles. The Bertz CT molecular complexity index is 903. The summed E-state index contributed by atoms with van der Waals surface area (Å²) in [7, 11) is 0. The van der Waals surface area contributed by atoms with Crippen LogP contribution in [-0.4, -0.2) is 15.3 Å². The van der Waals surface area contributed by atoms with Gasteiger partial charge in [-0.05, 0) is 42.8 Å². The highest BCUT2D eigenvalue weighted by atomic mass is 35.5. The third kappa shape index (κ3) is 1.98. The third-order valence-corrected chi connectivity index (χ3v) is 5.08. The van der Waals surface area contributed by atoms with E-state index < -0.39 is 0 Å². The maximum absolute atomic E-state index is 12.8. The Morgan fingerprint density at radius 1 is 1.19 bits per heavy atom. The monoisotopic (exact) mass is 314 g/mol. The van der Waals surface area contributed by atoms with Crippen LogP contribution in [0.25, 0.3) is 16.7 Å². The summed E-state index contributed by atoms with van der Waals surface area (Å²) in [5.41, 5.74) is 2.43. The highest BCUT2D eigenvalue weighted by Crippen LogP contribution is 2.35. The Kier molecular flexibility index (Phi) is 3.01. The molecule has 0 N–H and O–H groups in total. The standard InChI is InChI=1S/C16H11ClN2OS/c17-10-3-5-11(6-4-10)19-15-12(2-1-8-18-15)14-13(16(19)20)7-9-21-14/h1-6,8H,7,9H2. The van der Waals surface area contributed by atoms with Gasteiger partial charge in [-0.15, -0.1) is 11.8 Å². The van der Waals surface area contributed by atoms with Crippen LogP contribution in [0.15, 0.2) is 52.3 Å². The van der Waals surface area contributed by atoms with Crippen LogP contribution in [0.3, 0.4) is 0 Å². The molecule has 0 radical (unpaired) electrons. The lowest BCUT2D eigenvalue weighted by molar-refractivity contribution is 0.953. The lowest BCUT2D eigenvalue weighted by Crippen LogP contribution is -2.23. The second-order valence-electron chi connectivity index (χ2n) is 4.90. The van der Waals surface area contributed by atoms with Crippen LogP contribution in [0.1, 0.15) is 5.56 Å². The van der Waals surface area contributed by atoms with E-state index in [0.717, 1.165) is 33.7 Å². The van der Waals surface area contributed by atoms with Crippen LogP contribution in [0.2, 0.25) is 5.02 Å². The van der Waals surface area contributed by atoms with Gasteiger partial charge in [-0.25, -0.2) is 4.98 Å². The molecule has 2 aromatic heterocycles. The number of hydrogen-bond acceptors (Lipinski definition) is 3. The molecule has 0 amide bonds. The van der Waals surface area contributed by atoms with E-state index in [-0.39, 0.29) is 5.56 Å². The van der Waals surface area contributed by atoms with Gasteiger partial charge in [0.2, 0.25) is 0 Å².